The van der Waals surface area contributed by atoms with Crippen LogP contribution in [-0.4, -0.2) is 22.4 Å². The minimum absolute atomic E-state index is 0.0394. The molecule has 170 valence electrons. The summed E-state index contributed by atoms with van der Waals surface area (Å²) in [5, 5.41) is 15.1. The lowest BCUT2D eigenvalue weighted by atomic mass is 9.56. The number of aryl methyl sites for hydroxylation is 1. The first-order valence-electron chi connectivity index (χ1n) is 11.1. The maximum absolute atomic E-state index is 13.8. The number of halogens is 2. The van der Waals surface area contributed by atoms with Gasteiger partial charge in [0.25, 0.3) is 0 Å². The van der Waals surface area contributed by atoms with E-state index < -0.39 is 16.9 Å². The second-order valence-electron chi connectivity index (χ2n) is 9.88. The third-order valence-corrected chi connectivity index (χ3v) is 7.64. The Kier molecular flexibility index (Phi) is 6.17. The smallest absolute Gasteiger partial charge is 0.228 e. The van der Waals surface area contributed by atoms with E-state index in [0.717, 1.165) is 28.7 Å². The van der Waals surface area contributed by atoms with Crippen molar-refractivity contribution < 1.29 is 14.7 Å². The van der Waals surface area contributed by atoms with Gasteiger partial charge >= 0.3 is 0 Å². The molecule has 0 spiro atoms. The Hall–Kier alpha value is -1.88. The number of hydrogen-bond acceptors (Lipinski definition) is 3. The monoisotopic (exact) mass is 473 g/mol. The zero-order valence-corrected chi connectivity index (χ0v) is 20.2. The van der Waals surface area contributed by atoms with E-state index in [1.54, 1.807) is 25.1 Å². The summed E-state index contributed by atoms with van der Waals surface area (Å²) in [6, 6.07) is 11.3. The molecule has 1 amide bonds. The average molecular weight is 474 g/mol. The van der Waals surface area contributed by atoms with Gasteiger partial charge in [0, 0.05) is 28.4 Å². The fourth-order valence-electron chi connectivity index (χ4n) is 6.27. The van der Waals surface area contributed by atoms with Gasteiger partial charge in [-0.2, -0.15) is 0 Å². The van der Waals surface area contributed by atoms with Crippen molar-refractivity contribution in [2.45, 2.75) is 70.4 Å². The van der Waals surface area contributed by atoms with Gasteiger partial charge in [-0.15, -0.1) is 0 Å². The molecule has 0 aromatic heterocycles. The van der Waals surface area contributed by atoms with E-state index in [2.05, 4.69) is 11.4 Å². The normalized spacial score (nSPS) is 28.7. The molecule has 0 aliphatic heterocycles. The second-order valence-corrected chi connectivity index (χ2v) is 10.8. The number of carbonyl (C=O) groups is 2. The Morgan fingerprint density at radius 3 is 2.53 bits per heavy atom. The predicted octanol–water partition coefficient (Wildman–Crippen LogP) is 5.70. The molecular weight excluding hydrogens is 445 g/mol. The van der Waals surface area contributed by atoms with Gasteiger partial charge in [0.1, 0.15) is 5.78 Å². The van der Waals surface area contributed by atoms with E-state index in [1.165, 1.54) is 0 Å². The van der Waals surface area contributed by atoms with E-state index in [1.807, 2.05) is 26.0 Å². The molecule has 2 aromatic carbocycles. The van der Waals surface area contributed by atoms with E-state index in [9.17, 15) is 14.7 Å². The van der Waals surface area contributed by atoms with E-state index >= 15 is 0 Å². The van der Waals surface area contributed by atoms with Crippen LogP contribution >= 0.6 is 23.2 Å². The number of benzene rings is 2. The summed E-state index contributed by atoms with van der Waals surface area (Å²) in [5.41, 5.74) is 2.46. The van der Waals surface area contributed by atoms with Crippen LogP contribution in [0.2, 0.25) is 10.0 Å². The predicted molar refractivity (Wildman–Crippen MR) is 127 cm³/mol. The maximum Gasteiger partial charge on any atom is 0.228 e. The Morgan fingerprint density at radius 1 is 1.19 bits per heavy atom. The number of fused-ring (bicyclic) bond motifs is 3. The highest BCUT2D eigenvalue weighted by molar-refractivity contribution is 6.34. The van der Waals surface area contributed by atoms with Crippen molar-refractivity contribution in [3.63, 3.8) is 0 Å². The van der Waals surface area contributed by atoms with Crippen molar-refractivity contribution in [3.05, 3.63) is 68.7 Å². The standard InChI is InChI=1S/C26H29Cl2NO3/c1-15-5-4-6-20-21-7-8-25(3,32)14-26(21,12-16(2)30)23(22(15)20)24(31)29-13-17-9-18(27)11-19(28)10-17/h4-6,9-11,21,23,32H,7-8,12-14H2,1-3H3,(H,29,31)/t21-,23+,25-,26+/m0/s1. The molecule has 6 heteroatoms. The first kappa shape index (κ1) is 23.3. The number of aliphatic hydroxyl groups is 1. The van der Waals surface area contributed by atoms with Crippen LogP contribution in [0.3, 0.4) is 0 Å². The molecule has 2 aliphatic rings. The molecule has 0 heterocycles. The van der Waals surface area contributed by atoms with E-state index in [4.69, 9.17) is 23.2 Å². The molecule has 1 fully saturated rings. The third kappa shape index (κ3) is 4.21. The van der Waals surface area contributed by atoms with Crippen LogP contribution in [0.1, 0.15) is 73.6 Å². The van der Waals surface area contributed by atoms with Crippen molar-refractivity contribution in [2.75, 3.05) is 0 Å². The molecule has 4 rings (SSSR count). The van der Waals surface area contributed by atoms with Gasteiger partial charge in [-0.05, 0) is 86.4 Å². The summed E-state index contributed by atoms with van der Waals surface area (Å²) in [6.07, 6.45) is 2.09. The molecule has 0 bridgehead atoms. The zero-order valence-electron chi connectivity index (χ0n) is 18.7. The van der Waals surface area contributed by atoms with Gasteiger partial charge < -0.3 is 15.2 Å². The Balaban J connectivity index is 1.76. The van der Waals surface area contributed by atoms with Gasteiger partial charge in [0.2, 0.25) is 5.91 Å². The molecule has 1 saturated carbocycles. The van der Waals surface area contributed by atoms with Gasteiger partial charge in [-0.25, -0.2) is 0 Å². The first-order valence-corrected chi connectivity index (χ1v) is 11.8. The van der Waals surface area contributed by atoms with Crippen LogP contribution in [0.15, 0.2) is 36.4 Å². The quantitative estimate of drug-likeness (QED) is 0.584. The Bertz CT molecular complexity index is 1060. The maximum atomic E-state index is 13.8. The fraction of sp³-hybridized carbons (Fsp3) is 0.462. The summed E-state index contributed by atoms with van der Waals surface area (Å²) in [7, 11) is 0. The van der Waals surface area contributed by atoms with Gasteiger partial charge in [0.05, 0.1) is 11.5 Å². The van der Waals surface area contributed by atoms with E-state index in [0.29, 0.717) is 22.9 Å². The van der Waals surface area contributed by atoms with E-state index in [-0.39, 0.29) is 30.6 Å². The SMILES string of the molecule is CC(=O)C[C@@]12C[C@@](C)(O)CC[C@H]1c1cccc(C)c1[C@@H]2C(=O)NCc1cc(Cl)cc(Cl)c1. The lowest BCUT2D eigenvalue weighted by molar-refractivity contribution is -0.133. The van der Waals surface area contributed by atoms with Crippen molar-refractivity contribution in [1.82, 2.24) is 5.32 Å². The molecule has 0 saturated heterocycles. The molecule has 4 nitrogen and oxygen atoms in total. The number of amides is 1. The molecule has 0 unspecified atom stereocenters. The molecule has 2 N–H and O–H groups in total. The van der Waals surface area contributed by atoms with Crippen molar-refractivity contribution in [3.8, 4) is 0 Å². The Morgan fingerprint density at radius 2 is 1.88 bits per heavy atom. The molecule has 2 aliphatic carbocycles. The van der Waals surface area contributed by atoms with Crippen LogP contribution in [0.25, 0.3) is 0 Å². The van der Waals surface area contributed by atoms with Gasteiger partial charge in [-0.3, -0.25) is 4.79 Å². The number of nitrogens with one attached hydrogen (secondary N) is 1. The lowest BCUT2D eigenvalue weighted by Gasteiger charge is -2.48. The molecule has 2 aromatic rings. The van der Waals surface area contributed by atoms with Crippen molar-refractivity contribution >= 4 is 34.9 Å². The number of hydrogen-bond donors (Lipinski definition) is 2. The molecule has 4 atom stereocenters. The highest BCUT2D eigenvalue weighted by Gasteiger charge is 2.60. The van der Waals surface area contributed by atoms with Crippen LogP contribution in [-0.2, 0) is 16.1 Å². The summed E-state index contributed by atoms with van der Waals surface area (Å²) in [4.78, 5) is 26.3. The van der Waals surface area contributed by atoms with Crippen LogP contribution in [0.4, 0.5) is 0 Å². The summed E-state index contributed by atoms with van der Waals surface area (Å²) in [5.74, 6) is -0.525. The highest BCUT2D eigenvalue weighted by Crippen LogP contribution is 2.65. The minimum atomic E-state index is -0.916. The molecule has 32 heavy (non-hydrogen) atoms. The summed E-state index contributed by atoms with van der Waals surface area (Å²) >= 11 is 12.2. The number of rotatable bonds is 5. The first-order chi connectivity index (χ1) is 15.0. The third-order valence-electron chi connectivity index (χ3n) is 7.20. The molecular formula is C26H29Cl2NO3. The minimum Gasteiger partial charge on any atom is -0.390 e. The van der Waals surface area contributed by atoms with Gasteiger partial charge in [0.15, 0.2) is 0 Å². The fourth-order valence-corrected chi connectivity index (χ4v) is 6.84. The topological polar surface area (TPSA) is 66.4 Å². The van der Waals surface area contributed by atoms with Crippen molar-refractivity contribution in [1.29, 1.82) is 0 Å². The van der Waals surface area contributed by atoms with Crippen LogP contribution < -0.4 is 5.32 Å². The summed E-state index contributed by atoms with van der Waals surface area (Å²) < 4.78 is 0. The number of carbonyl (C=O) groups excluding carboxylic acids is 2. The van der Waals surface area contributed by atoms with Crippen LogP contribution in [0.5, 0.6) is 0 Å². The zero-order chi connectivity index (χ0) is 23.3. The van der Waals surface area contributed by atoms with Crippen LogP contribution in [0, 0.1) is 12.3 Å². The Labute approximate surface area is 199 Å². The van der Waals surface area contributed by atoms with Gasteiger partial charge in [-0.1, -0.05) is 41.4 Å². The molecule has 0 radical (unpaired) electrons. The lowest BCUT2D eigenvalue weighted by Crippen LogP contribution is -2.48. The average Bonchev–Trinajstić information content (AvgIpc) is 2.93. The van der Waals surface area contributed by atoms with Crippen molar-refractivity contribution in [2.24, 2.45) is 5.41 Å². The summed E-state index contributed by atoms with van der Waals surface area (Å²) in [6.45, 7) is 5.71. The largest absolute Gasteiger partial charge is 0.390 e. The number of Topliss-reactive ketones (excluding diaryl/α,β-unsaturated/α-hetero) is 1. The number of ketones is 1. The highest BCUT2D eigenvalue weighted by atomic mass is 35.5. The second kappa shape index (κ2) is 8.48.